The van der Waals surface area contributed by atoms with Gasteiger partial charge in [0.2, 0.25) is 0 Å². The van der Waals surface area contributed by atoms with E-state index in [-0.39, 0.29) is 6.61 Å². The predicted molar refractivity (Wildman–Crippen MR) is 117 cm³/mol. The van der Waals surface area contributed by atoms with Gasteiger partial charge in [0.15, 0.2) is 5.82 Å². The van der Waals surface area contributed by atoms with Gasteiger partial charge in [-0.25, -0.2) is 15.0 Å². The summed E-state index contributed by atoms with van der Waals surface area (Å²) >= 11 is 1.61. The summed E-state index contributed by atoms with van der Waals surface area (Å²) in [4.78, 5) is 20.9. The van der Waals surface area contributed by atoms with E-state index >= 15 is 0 Å². The third kappa shape index (κ3) is 3.67. The van der Waals surface area contributed by atoms with E-state index in [9.17, 15) is 5.11 Å². The van der Waals surface area contributed by atoms with Gasteiger partial charge < -0.3 is 14.4 Å². The summed E-state index contributed by atoms with van der Waals surface area (Å²) < 4.78 is 7.50. The zero-order chi connectivity index (χ0) is 21.2. The summed E-state index contributed by atoms with van der Waals surface area (Å²) in [5.74, 6) is 1.57. The minimum absolute atomic E-state index is 0.133. The monoisotopic (exact) mass is 432 g/mol. The van der Waals surface area contributed by atoms with Crippen LogP contribution in [0.4, 0.5) is 11.5 Å². The van der Waals surface area contributed by atoms with E-state index in [1.807, 2.05) is 23.2 Å². The number of rotatable bonds is 6. The standard InChI is InChI=1S/C22H20N6O2S/c1-30-14-28-18-11-15(4-5-19(18)31-22-21(28)24-7-8-26-22)12-27-10-9-25-20(27)16-3-2-6-23-17(16)13-29/h2-11,29H,12-14H2,1H3. The average molecular weight is 433 g/mol. The van der Waals surface area contributed by atoms with Gasteiger partial charge in [0.05, 0.1) is 18.0 Å². The van der Waals surface area contributed by atoms with Gasteiger partial charge >= 0.3 is 0 Å². The van der Waals surface area contributed by atoms with Crippen LogP contribution in [0.5, 0.6) is 0 Å². The van der Waals surface area contributed by atoms with Crippen LogP contribution in [0.15, 0.2) is 71.2 Å². The fraction of sp³-hybridized carbons (Fsp3) is 0.182. The number of hydrogen-bond acceptors (Lipinski definition) is 8. The molecule has 1 aromatic carbocycles. The Morgan fingerprint density at radius 3 is 2.81 bits per heavy atom. The number of aliphatic hydroxyl groups excluding tert-OH is 1. The van der Waals surface area contributed by atoms with Crippen LogP contribution in [-0.2, 0) is 17.9 Å². The van der Waals surface area contributed by atoms with E-state index in [2.05, 4.69) is 42.7 Å². The molecule has 0 aliphatic carbocycles. The minimum Gasteiger partial charge on any atom is -0.390 e. The van der Waals surface area contributed by atoms with Crippen molar-refractivity contribution in [3.8, 4) is 11.4 Å². The molecule has 8 nitrogen and oxygen atoms in total. The smallest absolute Gasteiger partial charge is 0.168 e. The molecule has 0 unspecified atom stereocenters. The van der Waals surface area contributed by atoms with Crippen molar-refractivity contribution in [2.24, 2.45) is 0 Å². The molecular weight excluding hydrogens is 412 g/mol. The summed E-state index contributed by atoms with van der Waals surface area (Å²) in [6.07, 6.45) is 8.78. The molecule has 0 atom stereocenters. The second kappa shape index (κ2) is 8.46. The van der Waals surface area contributed by atoms with Gasteiger partial charge in [0.1, 0.15) is 17.6 Å². The van der Waals surface area contributed by atoms with Crippen LogP contribution in [0.1, 0.15) is 11.3 Å². The summed E-state index contributed by atoms with van der Waals surface area (Å²) in [6.45, 7) is 0.876. The quantitative estimate of drug-likeness (QED) is 0.495. The molecule has 1 aliphatic heterocycles. The van der Waals surface area contributed by atoms with Gasteiger partial charge in [-0.2, -0.15) is 0 Å². The van der Waals surface area contributed by atoms with Crippen LogP contribution < -0.4 is 4.90 Å². The van der Waals surface area contributed by atoms with Crippen molar-refractivity contribution in [3.63, 3.8) is 0 Å². The Kier molecular flexibility index (Phi) is 5.37. The lowest BCUT2D eigenvalue weighted by Crippen LogP contribution is -2.24. The fourth-order valence-electron chi connectivity index (χ4n) is 3.66. The average Bonchev–Trinajstić information content (AvgIpc) is 3.27. The number of imidazole rings is 1. The van der Waals surface area contributed by atoms with Gasteiger partial charge in [0, 0.05) is 55.1 Å². The van der Waals surface area contributed by atoms with E-state index in [4.69, 9.17) is 4.74 Å². The molecule has 9 heteroatoms. The molecular formula is C22H20N6O2S. The normalized spacial score (nSPS) is 12.5. The summed E-state index contributed by atoms with van der Waals surface area (Å²) in [6, 6.07) is 10.1. The second-order valence-electron chi connectivity index (χ2n) is 6.97. The highest BCUT2D eigenvalue weighted by molar-refractivity contribution is 7.99. The predicted octanol–water partition coefficient (Wildman–Crippen LogP) is 3.48. The molecule has 0 radical (unpaired) electrons. The summed E-state index contributed by atoms with van der Waals surface area (Å²) in [5.41, 5.74) is 3.59. The topological polar surface area (TPSA) is 89.2 Å². The number of nitrogens with zero attached hydrogens (tertiary/aromatic N) is 6. The Balaban J connectivity index is 1.50. The first kappa shape index (κ1) is 19.7. The van der Waals surface area contributed by atoms with E-state index in [0.717, 1.165) is 38.4 Å². The van der Waals surface area contributed by atoms with Gasteiger partial charge in [-0.15, -0.1) is 0 Å². The number of methoxy groups -OCH3 is 1. The highest BCUT2D eigenvalue weighted by Crippen LogP contribution is 2.46. The fourth-order valence-corrected chi connectivity index (χ4v) is 4.64. The maximum atomic E-state index is 9.66. The lowest BCUT2D eigenvalue weighted by molar-refractivity contribution is 0.204. The van der Waals surface area contributed by atoms with Crippen molar-refractivity contribution >= 4 is 23.3 Å². The van der Waals surface area contributed by atoms with Gasteiger partial charge in [0.25, 0.3) is 0 Å². The second-order valence-corrected chi connectivity index (χ2v) is 8.00. The van der Waals surface area contributed by atoms with Crippen molar-refractivity contribution in [1.29, 1.82) is 0 Å². The molecule has 0 spiro atoms. The van der Waals surface area contributed by atoms with Gasteiger partial charge in [-0.3, -0.25) is 9.88 Å². The maximum absolute atomic E-state index is 9.66. The highest BCUT2D eigenvalue weighted by atomic mass is 32.2. The van der Waals surface area contributed by atoms with Crippen molar-refractivity contribution in [1.82, 2.24) is 24.5 Å². The number of aromatic nitrogens is 5. The van der Waals surface area contributed by atoms with Crippen LogP contribution in [0.25, 0.3) is 11.4 Å². The molecule has 5 rings (SSSR count). The van der Waals surface area contributed by atoms with Crippen molar-refractivity contribution in [3.05, 3.63) is 72.6 Å². The Morgan fingerprint density at radius 2 is 1.94 bits per heavy atom. The largest absolute Gasteiger partial charge is 0.390 e. The zero-order valence-corrected chi connectivity index (χ0v) is 17.7. The van der Waals surface area contributed by atoms with E-state index < -0.39 is 0 Å². The number of anilines is 2. The number of aliphatic hydroxyl groups is 1. The number of benzene rings is 1. The molecule has 0 bridgehead atoms. The molecule has 0 fully saturated rings. The van der Waals surface area contributed by atoms with Crippen molar-refractivity contribution in [2.75, 3.05) is 18.7 Å². The molecule has 0 amide bonds. The summed E-state index contributed by atoms with van der Waals surface area (Å²) in [7, 11) is 1.67. The summed E-state index contributed by atoms with van der Waals surface area (Å²) in [5, 5.41) is 10.5. The number of ether oxygens (including phenoxy) is 1. The zero-order valence-electron chi connectivity index (χ0n) is 16.8. The highest BCUT2D eigenvalue weighted by Gasteiger charge is 2.26. The van der Waals surface area contributed by atoms with E-state index in [1.54, 1.807) is 43.7 Å². The molecule has 31 heavy (non-hydrogen) atoms. The Morgan fingerprint density at radius 1 is 1.03 bits per heavy atom. The van der Waals surface area contributed by atoms with Crippen molar-refractivity contribution < 1.29 is 9.84 Å². The van der Waals surface area contributed by atoms with Gasteiger partial charge in [-0.1, -0.05) is 17.8 Å². The Hall–Kier alpha value is -3.27. The molecule has 4 heterocycles. The first-order valence-corrected chi connectivity index (χ1v) is 10.5. The molecule has 3 aromatic heterocycles. The van der Waals surface area contributed by atoms with Crippen LogP contribution in [-0.4, -0.2) is 43.5 Å². The molecule has 1 aliphatic rings. The third-order valence-corrected chi connectivity index (χ3v) is 6.08. The van der Waals surface area contributed by atoms with Crippen molar-refractivity contribution in [2.45, 2.75) is 23.1 Å². The van der Waals surface area contributed by atoms with Crippen LogP contribution in [0, 0.1) is 0 Å². The number of pyridine rings is 1. The lowest BCUT2D eigenvalue weighted by Gasteiger charge is -2.30. The number of hydrogen-bond donors (Lipinski definition) is 1. The molecule has 4 aromatic rings. The van der Waals surface area contributed by atoms with Crippen LogP contribution >= 0.6 is 11.8 Å². The van der Waals surface area contributed by atoms with E-state index in [1.165, 1.54) is 0 Å². The van der Waals surface area contributed by atoms with Gasteiger partial charge in [-0.05, 0) is 29.8 Å². The van der Waals surface area contributed by atoms with E-state index in [0.29, 0.717) is 19.0 Å². The van der Waals surface area contributed by atoms with Crippen LogP contribution in [0.3, 0.4) is 0 Å². The first-order chi connectivity index (χ1) is 15.3. The Bertz CT molecular complexity index is 1230. The molecule has 0 saturated heterocycles. The maximum Gasteiger partial charge on any atom is 0.168 e. The molecule has 1 N–H and O–H groups in total. The minimum atomic E-state index is -0.133. The Labute approximate surface area is 183 Å². The third-order valence-electron chi connectivity index (χ3n) is 5.03. The SMILES string of the molecule is COCN1c2cc(Cn3ccnc3-c3cccnc3CO)ccc2Sc2nccnc21. The lowest BCUT2D eigenvalue weighted by atomic mass is 10.1. The van der Waals surface area contributed by atoms with Crippen LogP contribution in [0.2, 0.25) is 0 Å². The number of fused-ring (bicyclic) bond motifs is 2. The molecule has 156 valence electrons. The molecule has 0 saturated carbocycles. The first-order valence-electron chi connectivity index (χ1n) is 9.73.